The summed E-state index contributed by atoms with van der Waals surface area (Å²) in [4.78, 5) is 22.4. The van der Waals surface area contributed by atoms with Crippen molar-refractivity contribution >= 4 is 11.7 Å². The first kappa shape index (κ1) is 8.99. The monoisotopic (exact) mass is 192 g/mol. The van der Waals surface area contributed by atoms with E-state index in [1.165, 1.54) is 0 Å². The fourth-order valence-electron chi connectivity index (χ4n) is 1.83. The second-order valence-corrected chi connectivity index (χ2v) is 3.59. The summed E-state index contributed by atoms with van der Waals surface area (Å²) < 4.78 is 0. The van der Waals surface area contributed by atoms with Gasteiger partial charge in [0.25, 0.3) is 0 Å². The molecule has 0 spiro atoms. The lowest BCUT2D eigenvalue weighted by Crippen LogP contribution is -2.27. The van der Waals surface area contributed by atoms with Gasteiger partial charge in [-0.2, -0.15) is 0 Å². The van der Waals surface area contributed by atoms with Crippen molar-refractivity contribution in [1.29, 1.82) is 0 Å². The smallest absolute Gasteiger partial charge is 0.246 e. The standard InChI is InChI=1S/C10H12N2O2/c11-10(14)6-4-7-8(12-5-6)2-1-3-9(7)13/h5,12H,1-4H2,(H2,11,14). The van der Waals surface area contributed by atoms with Crippen LogP contribution in [0, 0.1) is 0 Å². The molecule has 4 heteroatoms. The lowest BCUT2D eigenvalue weighted by molar-refractivity contribution is -0.116. The minimum Gasteiger partial charge on any atom is -0.366 e. The van der Waals surface area contributed by atoms with Gasteiger partial charge in [0, 0.05) is 35.9 Å². The van der Waals surface area contributed by atoms with Crippen LogP contribution in [0.3, 0.4) is 0 Å². The molecule has 0 radical (unpaired) electrons. The van der Waals surface area contributed by atoms with E-state index >= 15 is 0 Å². The van der Waals surface area contributed by atoms with Crippen molar-refractivity contribution in [2.24, 2.45) is 5.73 Å². The Bertz CT molecular complexity index is 366. The number of hydrogen-bond acceptors (Lipinski definition) is 3. The Morgan fingerprint density at radius 1 is 1.43 bits per heavy atom. The summed E-state index contributed by atoms with van der Waals surface area (Å²) in [6, 6.07) is 0. The molecular formula is C10H12N2O2. The van der Waals surface area contributed by atoms with Gasteiger partial charge >= 0.3 is 0 Å². The van der Waals surface area contributed by atoms with E-state index in [0.29, 0.717) is 18.4 Å². The number of ketones is 1. The van der Waals surface area contributed by atoms with Crippen LogP contribution in [-0.2, 0) is 9.59 Å². The Balaban J connectivity index is 2.24. The zero-order chi connectivity index (χ0) is 10.1. The van der Waals surface area contributed by atoms with Gasteiger partial charge in [-0.1, -0.05) is 0 Å². The van der Waals surface area contributed by atoms with E-state index in [9.17, 15) is 9.59 Å². The normalized spacial score (nSPS) is 21.1. The van der Waals surface area contributed by atoms with Crippen molar-refractivity contribution < 1.29 is 9.59 Å². The average Bonchev–Trinajstić information content (AvgIpc) is 2.18. The van der Waals surface area contributed by atoms with Crippen LogP contribution in [0.2, 0.25) is 0 Å². The Kier molecular flexibility index (Phi) is 2.11. The molecule has 14 heavy (non-hydrogen) atoms. The second-order valence-electron chi connectivity index (χ2n) is 3.59. The SMILES string of the molecule is NC(=O)C1=CNC2=C(C1)C(=O)CCC2. The quantitative estimate of drug-likeness (QED) is 0.630. The first-order valence-electron chi connectivity index (χ1n) is 4.69. The van der Waals surface area contributed by atoms with E-state index < -0.39 is 5.91 Å². The van der Waals surface area contributed by atoms with E-state index in [1.54, 1.807) is 6.20 Å². The summed E-state index contributed by atoms with van der Waals surface area (Å²) in [6.45, 7) is 0. The van der Waals surface area contributed by atoms with E-state index in [2.05, 4.69) is 5.32 Å². The maximum absolute atomic E-state index is 11.5. The second kappa shape index (κ2) is 3.29. The van der Waals surface area contributed by atoms with E-state index in [4.69, 9.17) is 5.73 Å². The van der Waals surface area contributed by atoms with Crippen molar-refractivity contribution in [3.8, 4) is 0 Å². The molecule has 0 atom stereocenters. The molecule has 1 aliphatic heterocycles. The van der Waals surface area contributed by atoms with Crippen molar-refractivity contribution in [3.05, 3.63) is 23.0 Å². The maximum atomic E-state index is 11.5. The number of carbonyl (C=O) groups excluding carboxylic acids is 2. The van der Waals surface area contributed by atoms with Crippen LogP contribution in [-0.4, -0.2) is 11.7 Å². The summed E-state index contributed by atoms with van der Waals surface area (Å²) in [5, 5.41) is 2.98. The molecule has 0 aromatic carbocycles. The molecule has 2 rings (SSSR count). The Morgan fingerprint density at radius 3 is 2.93 bits per heavy atom. The summed E-state index contributed by atoms with van der Waals surface area (Å²) >= 11 is 0. The Morgan fingerprint density at radius 2 is 2.21 bits per heavy atom. The fourth-order valence-corrected chi connectivity index (χ4v) is 1.83. The van der Waals surface area contributed by atoms with Gasteiger partial charge in [0.1, 0.15) is 0 Å². The molecule has 1 amide bonds. The molecule has 0 aromatic rings. The Labute approximate surface area is 81.8 Å². The number of allylic oxidation sites excluding steroid dienone is 2. The third kappa shape index (κ3) is 1.43. The summed E-state index contributed by atoms with van der Waals surface area (Å²) in [7, 11) is 0. The van der Waals surface area contributed by atoms with Gasteiger partial charge < -0.3 is 11.1 Å². The topological polar surface area (TPSA) is 72.2 Å². The van der Waals surface area contributed by atoms with Crippen LogP contribution in [0.25, 0.3) is 0 Å². The minimum atomic E-state index is -0.456. The zero-order valence-electron chi connectivity index (χ0n) is 7.80. The van der Waals surface area contributed by atoms with E-state index in [0.717, 1.165) is 24.1 Å². The number of hydrogen-bond donors (Lipinski definition) is 2. The number of nitrogens with one attached hydrogen (secondary N) is 1. The first-order chi connectivity index (χ1) is 6.68. The largest absolute Gasteiger partial charge is 0.366 e. The number of nitrogens with two attached hydrogens (primary N) is 1. The van der Waals surface area contributed by atoms with Crippen LogP contribution >= 0.6 is 0 Å². The van der Waals surface area contributed by atoms with Gasteiger partial charge in [0.15, 0.2) is 5.78 Å². The molecule has 1 aliphatic carbocycles. The fraction of sp³-hybridized carbons (Fsp3) is 0.400. The number of dihydropyridines is 1. The van der Waals surface area contributed by atoms with Crippen molar-refractivity contribution in [1.82, 2.24) is 5.32 Å². The molecule has 4 nitrogen and oxygen atoms in total. The van der Waals surface area contributed by atoms with Crippen LogP contribution in [0.5, 0.6) is 0 Å². The first-order valence-corrected chi connectivity index (χ1v) is 4.69. The maximum Gasteiger partial charge on any atom is 0.246 e. The Hall–Kier alpha value is -1.58. The summed E-state index contributed by atoms with van der Waals surface area (Å²) in [5.41, 5.74) is 7.35. The third-order valence-corrected chi connectivity index (χ3v) is 2.64. The van der Waals surface area contributed by atoms with E-state index in [-0.39, 0.29) is 5.78 Å². The highest BCUT2D eigenvalue weighted by molar-refractivity contribution is 6.01. The zero-order valence-corrected chi connectivity index (χ0v) is 7.80. The molecule has 0 unspecified atom stereocenters. The molecule has 2 aliphatic rings. The molecule has 3 N–H and O–H groups in total. The van der Waals surface area contributed by atoms with Gasteiger partial charge in [0.05, 0.1) is 0 Å². The highest BCUT2D eigenvalue weighted by Crippen LogP contribution is 2.27. The highest BCUT2D eigenvalue weighted by Gasteiger charge is 2.25. The lowest BCUT2D eigenvalue weighted by Gasteiger charge is -2.23. The number of carbonyl (C=O) groups is 2. The predicted molar refractivity (Wildman–Crippen MR) is 50.9 cm³/mol. The average molecular weight is 192 g/mol. The van der Waals surface area contributed by atoms with E-state index in [1.807, 2.05) is 0 Å². The van der Waals surface area contributed by atoms with Crippen LogP contribution in [0.15, 0.2) is 23.0 Å². The van der Waals surface area contributed by atoms with Gasteiger partial charge in [-0.25, -0.2) is 0 Å². The van der Waals surface area contributed by atoms with Crippen LogP contribution in [0.4, 0.5) is 0 Å². The van der Waals surface area contributed by atoms with Gasteiger partial charge in [-0.3, -0.25) is 9.59 Å². The summed E-state index contributed by atoms with van der Waals surface area (Å²) in [6.07, 6.45) is 4.39. The summed E-state index contributed by atoms with van der Waals surface area (Å²) in [5.74, 6) is -0.312. The van der Waals surface area contributed by atoms with Gasteiger partial charge in [0.2, 0.25) is 5.91 Å². The molecule has 0 bridgehead atoms. The van der Waals surface area contributed by atoms with Crippen molar-refractivity contribution in [2.75, 3.05) is 0 Å². The van der Waals surface area contributed by atoms with Gasteiger partial charge in [-0.15, -0.1) is 0 Å². The number of rotatable bonds is 1. The number of primary amides is 1. The molecule has 0 saturated heterocycles. The minimum absolute atomic E-state index is 0.144. The van der Waals surface area contributed by atoms with Crippen LogP contribution < -0.4 is 11.1 Å². The molecule has 74 valence electrons. The third-order valence-electron chi connectivity index (χ3n) is 2.64. The number of Topliss-reactive ketones (excluding diaryl/α,β-unsaturated/α-hetero) is 1. The molecule has 1 heterocycles. The van der Waals surface area contributed by atoms with Crippen LogP contribution in [0.1, 0.15) is 25.7 Å². The van der Waals surface area contributed by atoms with Gasteiger partial charge in [-0.05, 0) is 12.8 Å². The molecular weight excluding hydrogens is 180 g/mol. The lowest BCUT2D eigenvalue weighted by atomic mass is 9.88. The predicted octanol–water partition coefficient (Wildman–Crippen LogP) is 0.356. The van der Waals surface area contributed by atoms with Crippen molar-refractivity contribution in [2.45, 2.75) is 25.7 Å². The van der Waals surface area contributed by atoms with Crippen molar-refractivity contribution in [3.63, 3.8) is 0 Å². The molecule has 0 aromatic heterocycles. The highest BCUT2D eigenvalue weighted by atomic mass is 16.1. The number of amides is 1. The molecule has 0 saturated carbocycles. The molecule has 0 fully saturated rings.